The fourth-order valence-corrected chi connectivity index (χ4v) is 5.88. The van der Waals surface area contributed by atoms with Crippen molar-refractivity contribution in [1.29, 1.82) is 0 Å². The van der Waals surface area contributed by atoms with Gasteiger partial charge in [0.15, 0.2) is 6.10 Å². The number of rotatable bonds is 35. The minimum Gasteiger partial charge on any atom is -0.462 e. The summed E-state index contributed by atoms with van der Waals surface area (Å²) in [7, 11) is 0. The molecule has 0 spiro atoms. The van der Waals surface area contributed by atoms with Crippen molar-refractivity contribution in [3.8, 4) is 0 Å². The zero-order valence-corrected chi connectivity index (χ0v) is 31.2. The van der Waals surface area contributed by atoms with E-state index < -0.39 is 6.10 Å². The minimum absolute atomic E-state index is 0.0973. The minimum atomic E-state index is -0.796. The molecule has 1 N–H and O–H groups in total. The Balaban J connectivity index is 1.92. The first-order chi connectivity index (χ1) is 23.6. The standard InChI is InChI=1S/C42H74O6/c1-3-5-7-9-11-13-14-15-16-17-18-19-21-23-25-31-35-42(45)47-38(36-43)37-46-41(44)34-30-27-26-29-33-40-39(48-40)32-28-24-22-20-12-10-8-6-4-2/h12,20,24,26,28-29,38-40,43H,3-11,13-19,21-23,25,27,30-37H2,1-2H3/b20-12-,28-24-,29-26-/t38-,39?,40?/m0/s1. The van der Waals surface area contributed by atoms with E-state index >= 15 is 0 Å². The van der Waals surface area contributed by atoms with Gasteiger partial charge in [-0.05, 0) is 51.4 Å². The second-order valence-electron chi connectivity index (χ2n) is 13.8. The Labute approximate surface area is 295 Å². The van der Waals surface area contributed by atoms with Crippen molar-refractivity contribution in [2.45, 2.75) is 206 Å². The first-order valence-electron chi connectivity index (χ1n) is 20.2. The SMILES string of the molecule is CCCCC/C=C\C/C=C\CC1OC1C/C=C\CCCC(=O)OC[C@H](CO)OC(=O)CCCCCCCCCCCCCCCCCC. The Bertz CT molecular complexity index is 834. The van der Waals surface area contributed by atoms with Crippen molar-refractivity contribution in [2.24, 2.45) is 0 Å². The van der Waals surface area contributed by atoms with Gasteiger partial charge < -0.3 is 19.3 Å². The van der Waals surface area contributed by atoms with Gasteiger partial charge in [-0.25, -0.2) is 0 Å². The number of aliphatic hydroxyl groups excluding tert-OH is 1. The van der Waals surface area contributed by atoms with Gasteiger partial charge in [-0.2, -0.15) is 0 Å². The highest BCUT2D eigenvalue weighted by Gasteiger charge is 2.35. The maximum atomic E-state index is 12.2. The van der Waals surface area contributed by atoms with Crippen LogP contribution in [0.5, 0.6) is 0 Å². The van der Waals surface area contributed by atoms with Crippen LogP contribution in [-0.4, -0.2) is 48.6 Å². The van der Waals surface area contributed by atoms with Crippen LogP contribution < -0.4 is 0 Å². The monoisotopic (exact) mass is 675 g/mol. The van der Waals surface area contributed by atoms with Crippen molar-refractivity contribution < 1.29 is 28.9 Å². The summed E-state index contributed by atoms with van der Waals surface area (Å²) in [6.07, 6.45) is 43.8. The van der Waals surface area contributed by atoms with E-state index in [0.29, 0.717) is 31.5 Å². The van der Waals surface area contributed by atoms with Crippen LogP contribution in [0.3, 0.4) is 0 Å². The van der Waals surface area contributed by atoms with E-state index in [1.807, 2.05) is 0 Å². The maximum absolute atomic E-state index is 12.2. The molecular weight excluding hydrogens is 600 g/mol. The van der Waals surface area contributed by atoms with E-state index in [1.165, 1.54) is 109 Å². The number of epoxide rings is 1. The molecule has 1 heterocycles. The Kier molecular flexibility index (Phi) is 30.8. The third-order valence-electron chi connectivity index (χ3n) is 9.09. The molecule has 278 valence electrons. The highest BCUT2D eigenvalue weighted by Crippen LogP contribution is 2.29. The lowest BCUT2D eigenvalue weighted by Gasteiger charge is -2.15. The number of ether oxygens (including phenoxy) is 3. The van der Waals surface area contributed by atoms with Gasteiger partial charge in [0.25, 0.3) is 0 Å². The predicted molar refractivity (Wildman–Crippen MR) is 200 cm³/mol. The average molecular weight is 675 g/mol. The summed E-state index contributed by atoms with van der Waals surface area (Å²) in [6, 6.07) is 0. The van der Waals surface area contributed by atoms with Crippen LogP contribution in [0.15, 0.2) is 36.5 Å². The van der Waals surface area contributed by atoms with Crippen LogP contribution in [0.4, 0.5) is 0 Å². The van der Waals surface area contributed by atoms with Crippen molar-refractivity contribution in [3.63, 3.8) is 0 Å². The summed E-state index contributed by atoms with van der Waals surface area (Å²) in [5.74, 6) is -0.660. The van der Waals surface area contributed by atoms with Crippen molar-refractivity contribution in [2.75, 3.05) is 13.2 Å². The summed E-state index contributed by atoms with van der Waals surface area (Å²) in [6.45, 7) is 4.05. The molecule has 1 fully saturated rings. The lowest BCUT2D eigenvalue weighted by molar-refractivity contribution is -0.161. The van der Waals surface area contributed by atoms with E-state index in [1.54, 1.807) is 0 Å². The molecule has 0 amide bonds. The molecule has 0 radical (unpaired) electrons. The van der Waals surface area contributed by atoms with Crippen molar-refractivity contribution in [1.82, 2.24) is 0 Å². The quantitative estimate of drug-likeness (QED) is 0.0312. The lowest BCUT2D eigenvalue weighted by atomic mass is 10.0. The van der Waals surface area contributed by atoms with Gasteiger partial charge in [0.2, 0.25) is 0 Å². The zero-order chi connectivity index (χ0) is 34.8. The van der Waals surface area contributed by atoms with Gasteiger partial charge in [-0.3, -0.25) is 9.59 Å². The van der Waals surface area contributed by atoms with Crippen LogP contribution in [0.25, 0.3) is 0 Å². The zero-order valence-electron chi connectivity index (χ0n) is 31.2. The molecule has 0 aromatic heterocycles. The Morgan fingerprint density at radius 3 is 1.62 bits per heavy atom. The number of carbonyl (C=O) groups excluding carboxylic acids is 2. The summed E-state index contributed by atoms with van der Waals surface area (Å²) in [5, 5.41) is 9.56. The van der Waals surface area contributed by atoms with E-state index in [9.17, 15) is 14.7 Å². The van der Waals surface area contributed by atoms with Crippen LogP contribution in [0, 0.1) is 0 Å². The van der Waals surface area contributed by atoms with Gasteiger partial charge in [-0.15, -0.1) is 0 Å². The topological polar surface area (TPSA) is 85.4 Å². The predicted octanol–water partition coefficient (Wildman–Crippen LogP) is 11.4. The summed E-state index contributed by atoms with van der Waals surface area (Å²) in [5.41, 5.74) is 0. The van der Waals surface area contributed by atoms with Gasteiger partial charge in [0.05, 0.1) is 18.8 Å². The number of carbonyl (C=O) groups is 2. The van der Waals surface area contributed by atoms with Gasteiger partial charge in [0, 0.05) is 12.8 Å². The Morgan fingerprint density at radius 1 is 0.583 bits per heavy atom. The molecule has 0 aliphatic carbocycles. The van der Waals surface area contributed by atoms with Crippen LogP contribution in [-0.2, 0) is 23.8 Å². The lowest BCUT2D eigenvalue weighted by Crippen LogP contribution is -2.28. The molecule has 0 aromatic rings. The molecule has 0 bridgehead atoms. The number of hydrogen-bond donors (Lipinski definition) is 1. The third kappa shape index (κ3) is 29.0. The van der Waals surface area contributed by atoms with Gasteiger partial charge >= 0.3 is 11.9 Å². The summed E-state index contributed by atoms with van der Waals surface area (Å²) in [4.78, 5) is 24.3. The molecule has 3 atom stereocenters. The number of unbranched alkanes of at least 4 members (excludes halogenated alkanes) is 19. The number of hydrogen-bond acceptors (Lipinski definition) is 6. The van der Waals surface area contributed by atoms with Gasteiger partial charge in [0.1, 0.15) is 6.61 Å². The molecule has 6 nitrogen and oxygen atoms in total. The molecule has 48 heavy (non-hydrogen) atoms. The largest absolute Gasteiger partial charge is 0.462 e. The number of allylic oxidation sites excluding steroid dienone is 4. The van der Waals surface area contributed by atoms with Crippen LogP contribution in [0.1, 0.15) is 187 Å². The van der Waals surface area contributed by atoms with E-state index in [4.69, 9.17) is 14.2 Å². The molecule has 1 aliphatic rings. The number of aliphatic hydroxyl groups is 1. The fourth-order valence-electron chi connectivity index (χ4n) is 5.88. The normalized spacial score (nSPS) is 16.7. The van der Waals surface area contributed by atoms with E-state index in [2.05, 4.69) is 50.3 Å². The third-order valence-corrected chi connectivity index (χ3v) is 9.09. The molecule has 1 rings (SSSR count). The highest BCUT2D eigenvalue weighted by molar-refractivity contribution is 5.70. The first kappa shape index (κ1) is 44.1. The fraction of sp³-hybridized carbons (Fsp3) is 0.810. The summed E-state index contributed by atoms with van der Waals surface area (Å²) >= 11 is 0. The van der Waals surface area contributed by atoms with Crippen LogP contribution in [0.2, 0.25) is 0 Å². The Morgan fingerprint density at radius 2 is 1.04 bits per heavy atom. The molecule has 2 unspecified atom stereocenters. The molecule has 0 aromatic carbocycles. The van der Waals surface area contributed by atoms with E-state index in [0.717, 1.165) is 44.9 Å². The van der Waals surface area contributed by atoms with Gasteiger partial charge in [-0.1, -0.05) is 159 Å². The van der Waals surface area contributed by atoms with E-state index in [-0.39, 0.29) is 25.2 Å². The smallest absolute Gasteiger partial charge is 0.306 e. The van der Waals surface area contributed by atoms with Crippen molar-refractivity contribution in [3.05, 3.63) is 36.5 Å². The second kappa shape index (κ2) is 33.6. The molecule has 1 aliphatic heterocycles. The van der Waals surface area contributed by atoms with Crippen molar-refractivity contribution >= 4 is 11.9 Å². The van der Waals surface area contributed by atoms with Crippen LogP contribution >= 0.6 is 0 Å². The second-order valence-corrected chi connectivity index (χ2v) is 13.8. The Hall–Kier alpha value is -1.92. The number of esters is 2. The summed E-state index contributed by atoms with van der Waals surface area (Å²) < 4.78 is 16.3. The highest BCUT2D eigenvalue weighted by atomic mass is 16.6. The maximum Gasteiger partial charge on any atom is 0.306 e. The molecule has 6 heteroatoms. The molecular formula is C42H74O6. The molecule has 0 saturated carbocycles. The first-order valence-corrected chi connectivity index (χ1v) is 20.2. The average Bonchev–Trinajstić information content (AvgIpc) is 3.84. The molecule has 1 saturated heterocycles.